The lowest BCUT2D eigenvalue weighted by molar-refractivity contribution is -0.757. The van der Waals surface area contributed by atoms with Crippen molar-refractivity contribution in [2.75, 3.05) is 6.61 Å². The highest BCUT2D eigenvalue weighted by Gasteiger charge is 2.46. The van der Waals surface area contributed by atoms with Crippen molar-refractivity contribution in [2.45, 2.75) is 110 Å². The molecule has 0 aromatic heterocycles. The summed E-state index contributed by atoms with van der Waals surface area (Å²) in [5.41, 5.74) is 3.15. The van der Waals surface area contributed by atoms with Crippen molar-refractivity contribution in [2.24, 2.45) is 11.8 Å². The lowest BCUT2D eigenvalue weighted by atomic mass is 9.67. The van der Waals surface area contributed by atoms with Crippen LogP contribution in [-0.4, -0.2) is 23.3 Å². The van der Waals surface area contributed by atoms with Gasteiger partial charge in [0.05, 0.1) is 12.5 Å². The number of carbonyl (C=O) groups is 1. The predicted octanol–water partition coefficient (Wildman–Crippen LogP) is 7.34. The molecule has 0 spiro atoms. The Morgan fingerprint density at radius 1 is 1.19 bits per heavy atom. The second-order valence-electron chi connectivity index (χ2n) is 11.0. The maximum Gasteiger partial charge on any atom is 0.314 e. The van der Waals surface area contributed by atoms with Crippen LogP contribution in [0.5, 0.6) is 11.5 Å². The number of allylic oxidation sites excluding steroid dienone is 2. The molecule has 0 N–H and O–H groups in total. The first kappa shape index (κ1) is 28.0. The molecule has 36 heavy (non-hydrogen) atoms. The maximum atomic E-state index is 13.3. The Morgan fingerprint density at radius 3 is 2.58 bits per heavy atom. The van der Waals surface area contributed by atoms with Gasteiger partial charge in [0.25, 0.3) is 5.09 Å². The number of fused-ring (bicyclic) bond motifs is 3. The second-order valence-corrected chi connectivity index (χ2v) is 11.0. The van der Waals surface area contributed by atoms with Gasteiger partial charge in [-0.25, -0.2) is 0 Å². The van der Waals surface area contributed by atoms with E-state index in [2.05, 4.69) is 51.6 Å². The SMILES string of the molecule is CCCC(CCC)C(=O)Oc1cc(CCCCCO[N+](=O)[O-])cc2c1C1CC(C)=CCC1C(C)(C)O2. The summed E-state index contributed by atoms with van der Waals surface area (Å²) in [5, 5.41) is 9.60. The lowest BCUT2D eigenvalue weighted by Crippen LogP contribution is -2.45. The summed E-state index contributed by atoms with van der Waals surface area (Å²) in [6, 6.07) is 4.15. The first-order valence-electron chi connectivity index (χ1n) is 13.7. The molecule has 1 heterocycles. The van der Waals surface area contributed by atoms with Crippen molar-refractivity contribution in [1.29, 1.82) is 0 Å². The fourth-order valence-electron chi connectivity index (χ4n) is 5.85. The van der Waals surface area contributed by atoms with Gasteiger partial charge in [0.15, 0.2) is 0 Å². The number of carbonyl (C=O) groups excluding carboxylic acids is 1. The molecule has 2 unspecified atom stereocenters. The van der Waals surface area contributed by atoms with Gasteiger partial charge in [-0.2, -0.15) is 0 Å². The molecule has 0 amide bonds. The van der Waals surface area contributed by atoms with E-state index in [-0.39, 0.29) is 30.0 Å². The highest BCUT2D eigenvalue weighted by molar-refractivity contribution is 5.76. The zero-order valence-electron chi connectivity index (χ0n) is 22.6. The van der Waals surface area contributed by atoms with Crippen molar-refractivity contribution < 1.29 is 24.2 Å². The van der Waals surface area contributed by atoms with Gasteiger partial charge in [0, 0.05) is 17.4 Å². The van der Waals surface area contributed by atoms with Gasteiger partial charge in [-0.15, -0.1) is 10.1 Å². The van der Waals surface area contributed by atoms with E-state index in [9.17, 15) is 14.9 Å². The number of aryl methyl sites for hydroxylation is 1. The Labute approximate surface area is 215 Å². The predicted molar refractivity (Wildman–Crippen MR) is 140 cm³/mol. The number of rotatable bonds is 13. The Balaban J connectivity index is 1.89. The Morgan fingerprint density at radius 2 is 1.92 bits per heavy atom. The summed E-state index contributed by atoms with van der Waals surface area (Å²) < 4.78 is 12.8. The maximum absolute atomic E-state index is 13.3. The molecule has 2 atom stereocenters. The van der Waals surface area contributed by atoms with Gasteiger partial charge in [0.2, 0.25) is 0 Å². The van der Waals surface area contributed by atoms with Gasteiger partial charge in [-0.1, -0.05) is 44.8 Å². The summed E-state index contributed by atoms with van der Waals surface area (Å²) in [6.45, 7) is 10.8. The van der Waals surface area contributed by atoms with Crippen LogP contribution in [0, 0.1) is 22.0 Å². The van der Waals surface area contributed by atoms with E-state index in [0.29, 0.717) is 18.1 Å². The summed E-state index contributed by atoms with van der Waals surface area (Å²) in [6.07, 6.45) is 10.9. The normalized spacial score (nSPS) is 20.1. The highest BCUT2D eigenvalue weighted by Crippen LogP contribution is 2.54. The molecule has 0 fully saturated rings. The minimum atomic E-state index is -0.747. The average Bonchev–Trinajstić information content (AvgIpc) is 2.80. The molecule has 0 saturated heterocycles. The summed E-state index contributed by atoms with van der Waals surface area (Å²) in [7, 11) is 0. The molecular weight excluding hydrogens is 458 g/mol. The molecule has 2 aliphatic rings. The van der Waals surface area contributed by atoms with Crippen LogP contribution in [0.25, 0.3) is 0 Å². The molecular formula is C29H43NO6. The molecule has 7 heteroatoms. The van der Waals surface area contributed by atoms with E-state index < -0.39 is 5.09 Å². The van der Waals surface area contributed by atoms with Crippen LogP contribution in [0.3, 0.4) is 0 Å². The highest BCUT2D eigenvalue weighted by atomic mass is 16.9. The quantitative estimate of drug-likeness (QED) is 0.0701. The Kier molecular flexibility index (Phi) is 9.80. The first-order valence-corrected chi connectivity index (χ1v) is 13.7. The zero-order valence-corrected chi connectivity index (χ0v) is 22.6. The van der Waals surface area contributed by atoms with Crippen LogP contribution in [0.1, 0.15) is 109 Å². The molecule has 1 aliphatic carbocycles. The van der Waals surface area contributed by atoms with Gasteiger partial charge >= 0.3 is 5.97 Å². The average molecular weight is 502 g/mol. The van der Waals surface area contributed by atoms with Crippen LogP contribution < -0.4 is 9.47 Å². The van der Waals surface area contributed by atoms with E-state index in [1.54, 1.807) is 0 Å². The summed E-state index contributed by atoms with van der Waals surface area (Å²) >= 11 is 0. The third-order valence-electron chi connectivity index (χ3n) is 7.67. The van der Waals surface area contributed by atoms with Crippen molar-refractivity contribution in [3.05, 3.63) is 45.0 Å². The third-order valence-corrected chi connectivity index (χ3v) is 7.67. The summed E-state index contributed by atoms with van der Waals surface area (Å²) in [4.78, 5) is 28.0. The number of ether oxygens (including phenoxy) is 2. The Hall–Kier alpha value is -2.57. The molecule has 3 rings (SSSR count). The molecule has 0 saturated carbocycles. The van der Waals surface area contributed by atoms with Crippen LogP contribution in [-0.2, 0) is 16.1 Å². The minimum absolute atomic E-state index is 0.0920. The van der Waals surface area contributed by atoms with Gasteiger partial charge in [0.1, 0.15) is 17.1 Å². The number of unbranched alkanes of at least 4 members (excludes halogenated alkanes) is 2. The largest absolute Gasteiger partial charge is 0.487 e. The molecule has 0 bridgehead atoms. The monoisotopic (exact) mass is 501 g/mol. The fraction of sp³-hybridized carbons (Fsp3) is 0.690. The third kappa shape index (κ3) is 7.01. The van der Waals surface area contributed by atoms with E-state index in [1.165, 1.54) is 5.57 Å². The Bertz CT molecular complexity index is 947. The van der Waals surface area contributed by atoms with Gasteiger partial charge in [-0.3, -0.25) is 4.79 Å². The molecule has 0 radical (unpaired) electrons. The van der Waals surface area contributed by atoms with Crippen LogP contribution in [0.2, 0.25) is 0 Å². The minimum Gasteiger partial charge on any atom is -0.487 e. The topological polar surface area (TPSA) is 87.9 Å². The van der Waals surface area contributed by atoms with Gasteiger partial charge in [-0.05, 0) is 83.4 Å². The smallest absolute Gasteiger partial charge is 0.314 e. The van der Waals surface area contributed by atoms with E-state index >= 15 is 0 Å². The zero-order chi connectivity index (χ0) is 26.3. The van der Waals surface area contributed by atoms with E-state index in [1.807, 2.05) is 6.07 Å². The molecule has 1 aromatic rings. The van der Waals surface area contributed by atoms with Crippen molar-refractivity contribution in [3.8, 4) is 11.5 Å². The number of benzene rings is 1. The second kappa shape index (κ2) is 12.6. The number of hydrogen-bond acceptors (Lipinski definition) is 6. The van der Waals surface area contributed by atoms with E-state index in [0.717, 1.165) is 74.7 Å². The molecule has 1 aliphatic heterocycles. The lowest BCUT2D eigenvalue weighted by Gasteiger charge is -2.47. The van der Waals surface area contributed by atoms with Crippen molar-refractivity contribution in [1.82, 2.24) is 0 Å². The van der Waals surface area contributed by atoms with Crippen LogP contribution in [0.15, 0.2) is 23.8 Å². The molecule has 7 nitrogen and oxygen atoms in total. The molecule has 200 valence electrons. The summed E-state index contributed by atoms with van der Waals surface area (Å²) in [5.74, 6) is 1.82. The van der Waals surface area contributed by atoms with Gasteiger partial charge < -0.3 is 14.3 Å². The van der Waals surface area contributed by atoms with Crippen molar-refractivity contribution >= 4 is 5.97 Å². The standard InChI is InChI=1S/C29H43NO6/c1-6-11-22(12-7-2)28(31)35-25-18-21(13-9-8-10-16-34-30(32)33)19-26-27(25)23-17-20(3)14-15-24(23)29(4,5)36-26/h14,18-19,22-24H,6-13,15-17H2,1-5H3. The van der Waals surface area contributed by atoms with Crippen molar-refractivity contribution in [3.63, 3.8) is 0 Å². The number of hydrogen-bond donors (Lipinski definition) is 0. The molecule has 1 aromatic carbocycles. The van der Waals surface area contributed by atoms with E-state index in [4.69, 9.17) is 9.47 Å². The van der Waals surface area contributed by atoms with Crippen LogP contribution >= 0.6 is 0 Å². The number of esters is 1. The first-order chi connectivity index (χ1) is 17.2. The fourth-order valence-corrected chi connectivity index (χ4v) is 5.85. The number of nitrogens with zero attached hydrogens (tertiary/aromatic N) is 1. The van der Waals surface area contributed by atoms with Crippen LogP contribution in [0.4, 0.5) is 0 Å².